The lowest BCUT2D eigenvalue weighted by molar-refractivity contribution is 0.0718. The van der Waals surface area contributed by atoms with E-state index in [1.807, 2.05) is 0 Å². The fraction of sp³-hybridized carbons (Fsp3) is 0.857. The van der Waals surface area contributed by atoms with Gasteiger partial charge in [0, 0.05) is 6.61 Å². The summed E-state index contributed by atoms with van der Waals surface area (Å²) in [6, 6.07) is 0. The molecule has 0 saturated heterocycles. The lowest BCUT2D eigenvalue weighted by Gasteiger charge is -2.34. The Morgan fingerprint density at radius 3 is 2.60 bits per heavy atom. The standard InChI is InChI=1S/C14H26O/c1-5-6-8-14(10-15)9-7-13(11(2)3)12(14)4/h12-13,15H,2,5-10H2,1,3-4H3/t12-,13?,14-/m0/s1. The minimum atomic E-state index is 0.194. The van der Waals surface area contributed by atoms with E-state index in [4.69, 9.17) is 0 Å². The van der Waals surface area contributed by atoms with E-state index in [2.05, 4.69) is 27.4 Å². The molecule has 1 heteroatoms. The number of hydrogen-bond acceptors (Lipinski definition) is 1. The zero-order valence-corrected chi connectivity index (χ0v) is 10.6. The van der Waals surface area contributed by atoms with Gasteiger partial charge in [-0.2, -0.15) is 0 Å². The van der Waals surface area contributed by atoms with Crippen molar-refractivity contribution in [2.24, 2.45) is 17.3 Å². The first kappa shape index (κ1) is 12.8. The van der Waals surface area contributed by atoms with E-state index in [0.717, 1.165) is 0 Å². The zero-order chi connectivity index (χ0) is 11.5. The minimum Gasteiger partial charge on any atom is -0.396 e. The van der Waals surface area contributed by atoms with Gasteiger partial charge in [-0.1, -0.05) is 38.8 Å². The molecule has 0 radical (unpaired) electrons. The molecule has 1 rings (SSSR count). The van der Waals surface area contributed by atoms with Crippen LogP contribution in [0.5, 0.6) is 0 Å². The van der Waals surface area contributed by atoms with Crippen LogP contribution in [0.25, 0.3) is 0 Å². The van der Waals surface area contributed by atoms with Gasteiger partial charge in [0.15, 0.2) is 0 Å². The predicted molar refractivity (Wildman–Crippen MR) is 65.7 cm³/mol. The first-order valence-electron chi connectivity index (χ1n) is 6.33. The van der Waals surface area contributed by atoms with Crippen LogP contribution in [0, 0.1) is 17.3 Å². The predicted octanol–water partition coefficient (Wildman–Crippen LogP) is 3.78. The van der Waals surface area contributed by atoms with Gasteiger partial charge in [0.05, 0.1) is 0 Å². The highest BCUT2D eigenvalue weighted by Gasteiger charge is 2.44. The fourth-order valence-corrected chi connectivity index (χ4v) is 3.20. The van der Waals surface area contributed by atoms with E-state index in [9.17, 15) is 5.11 Å². The van der Waals surface area contributed by atoms with Crippen LogP contribution in [-0.2, 0) is 0 Å². The van der Waals surface area contributed by atoms with E-state index in [0.29, 0.717) is 18.4 Å². The minimum absolute atomic E-state index is 0.194. The third-order valence-corrected chi connectivity index (χ3v) is 4.50. The van der Waals surface area contributed by atoms with Gasteiger partial charge in [-0.05, 0) is 43.4 Å². The second kappa shape index (κ2) is 5.16. The quantitative estimate of drug-likeness (QED) is 0.685. The van der Waals surface area contributed by atoms with Crippen LogP contribution in [0.4, 0.5) is 0 Å². The summed E-state index contributed by atoms with van der Waals surface area (Å²) in [5.74, 6) is 1.24. The Hall–Kier alpha value is -0.300. The van der Waals surface area contributed by atoms with Gasteiger partial charge < -0.3 is 5.11 Å². The Bertz CT molecular complexity index is 221. The Kier molecular flexibility index (Phi) is 4.39. The highest BCUT2D eigenvalue weighted by atomic mass is 16.3. The van der Waals surface area contributed by atoms with Crippen molar-refractivity contribution in [3.05, 3.63) is 12.2 Å². The summed E-state index contributed by atoms with van der Waals surface area (Å²) in [5, 5.41) is 9.68. The molecule has 0 amide bonds. The third kappa shape index (κ3) is 2.44. The molecule has 1 nitrogen and oxygen atoms in total. The number of aliphatic hydroxyl groups excluding tert-OH is 1. The number of allylic oxidation sites excluding steroid dienone is 1. The van der Waals surface area contributed by atoms with Gasteiger partial charge in [0.1, 0.15) is 0 Å². The topological polar surface area (TPSA) is 20.2 Å². The third-order valence-electron chi connectivity index (χ3n) is 4.50. The van der Waals surface area contributed by atoms with Crippen molar-refractivity contribution in [3.8, 4) is 0 Å². The molecule has 15 heavy (non-hydrogen) atoms. The summed E-state index contributed by atoms with van der Waals surface area (Å²) in [6.45, 7) is 11.1. The summed E-state index contributed by atoms with van der Waals surface area (Å²) >= 11 is 0. The number of rotatable bonds is 5. The summed E-state index contributed by atoms with van der Waals surface area (Å²) in [5.41, 5.74) is 1.49. The molecule has 0 spiro atoms. The van der Waals surface area contributed by atoms with Crippen LogP contribution >= 0.6 is 0 Å². The Morgan fingerprint density at radius 2 is 2.20 bits per heavy atom. The highest BCUT2D eigenvalue weighted by molar-refractivity contribution is 5.07. The zero-order valence-electron chi connectivity index (χ0n) is 10.6. The van der Waals surface area contributed by atoms with Crippen LogP contribution in [0.1, 0.15) is 52.9 Å². The average molecular weight is 210 g/mol. The molecule has 0 aromatic carbocycles. The van der Waals surface area contributed by atoms with Crippen molar-refractivity contribution in [1.82, 2.24) is 0 Å². The van der Waals surface area contributed by atoms with Gasteiger partial charge in [0.25, 0.3) is 0 Å². The van der Waals surface area contributed by atoms with Crippen LogP contribution in [-0.4, -0.2) is 11.7 Å². The maximum Gasteiger partial charge on any atom is 0.0490 e. The summed E-state index contributed by atoms with van der Waals surface area (Å²) in [7, 11) is 0. The lowest BCUT2D eigenvalue weighted by Crippen LogP contribution is -2.30. The average Bonchev–Trinajstić information content (AvgIpc) is 2.54. The Morgan fingerprint density at radius 1 is 1.53 bits per heavy atom. The summed E-state index contributed by atoms with van der Waals surface area (Å²) in [6.07, 6.45) is 6.06. The number of hydrogen-bond donors (Lipinski definition) is 1. The Labute approximate surface area is 94.6 Å². The van der Waals surface area contributed by atoms with E-state index >= 15 is 0 Å². The molecular formula is C14H26O. The van der Waals surface area contributed by atoms with Gasteiger partial charge in [-0.15, -0.1) is 0 Å². The van der Waals surface area contributed by atoms with Gasteiger partial charge >= 0.3 is 0 Å². The molecule has 0 aromatic rings. The maximum absolute atomic E-state index is 9.68. The van der Waals surface area contributed by atoms with Crippen molar-refractivity contribution in [2.75, 3.05) is 6.61 Å². The molecule has 0 bridgehead atoms. The van der Waals surface area contributed by atoms with E-state index in [1.165, 1.54) is 37.7 Å². The molecule has 3 atom stereocenters. The van der Waals surface area contributed by atoms with Crippen LogP contribution in [0.15, 0.2) is 12.2 Å². The monoisotopic (exact) mass is 210 g/mol. The number of aliphatic hydroxyl groups is 1. The second-order valence-electron chi connectivity index (χ2n) is 5.40. The molecular weight excluding hydrogens is 184 g/mol. The second-order valence-corrected chi connectivity index (χ2v) is 5.40. The molecule has 1 aliphatic rings. The molecule has 1 fully saturated rings. The maximum atomic E-state index is 9.68. The highest BCUT2D eigenvalue weighted by Crippen LogP contribution is 2.51. The molecule has 88 valence electrons. The van der Waals surface area contributed by atoms with Gasteiger partial charge in [0.2, 0.25) is 0 Å². The molecule has 0 aromatic heterocycles. The SMILES string of the molecule is C=C(C)C1CC[C@](CO)(CCCC)[C@H]1C. The van der Waals surface area contributed by atoms with Crippen LogP contribution < -0.4 is 0 Å². The van der Waals surface area contributed by atoms with Crippen molar-refractivity contribution < 1.29 is 5.11 Å². The van der Waals surface area contributed by atoms with Crippen molar-refractivity contribution in [3.63, 3.8) is 0 Å². The van der Waals surface area contributed by atoms with E-state index in [-0.39, 0.29) is 5.41 Å². The molecule has 1 saturated carbocycles. The summed E-state index contributed by atoms with van der Waals surface area (Å²) < 4.78 is 0. The van der Waals surface area contributed by atoms with Gasteiger partial charge in [-0.3, -0.25) is 0 Å². The fourth-order valence-electron chi connectivity index (χ4n) is 3.20. The number of unbranched alkanes of at least 4 members (excludes halogenated alkanes) is 1. The normalized spacial score (nSPS) is 35.7. The molecule has 1 aliphatic carbocycles. The van der Waals surface area contributed by atoms with E-state index in [1.54, 1.807) is 0 Å². The van der Waals surface area contributed by atoms with E-state index < -0.39 is 0 Å². The lowest BCUT2D eigenvalue weighted by atomic mass is 9.72. The Balaban J connectivity index is 2.71. The molecule has 0 aliphatic heterocycles. The first-order chi connectivity index (χ1) is 7.07. The largest absolute Gasteiger partial charge is 0.396 e. The van der Waals surface area contributed by atoms with Crippen molar-refractivity contribution in [1.29, 1.82) is 0 Å². The summed E-state index contributed by atoms with van der Waals surface area (Å²) in [4.78, 5) is 0. The van der Waals surface area contributed by atoms with Crippen molar-refractivity contribution in [2.45, 2.75) is 52.9 Å². The smallest absolute Gasteiger partial charge is 0.0490 e. The first-order valence-corrected chi connectivity index (χ1v) is 6.33. The van der Waals surface area contributed by atoms with Gasteiger partial charge in [-0.25, -0.2) is 0 Å². The van der Waals surface area contributed by atoms with Crippen molar-refractivity contribution >= 4 is 0 Å². The molecule has 0 heterocycles. The van der Waals surface area contributed by atoms with Crippen LogP contribution in [0.3, 0.4) is 0 Å². The van der Waals surface area contributed by atoms with Crippen LogP contribution in [0.2, 0.25) is 0 Å². The molecule has 1 N–H and O–H groups in total. The molecule has 1 unspecified atom stereocenters.